The number of benzene rings is 2. The molecule has 0 amide bonds. The average molecular weight is 368 g/mol. The lowest BCUT2D eigenvalue weighted by molar-refractivity contribution is -0.304. The molecule has 0 fully saturated rings. The van der Waals surface area contributed by atoms with Crippen LogP contribution in [0.5, 0.6) is 0 Å². The summed E-state index contributed by atoms with van der Waals surface area (Å²) in [7, 11) is 0. The molecule has 0 N–H and O–H groups in total. The molecule has 148 valence electrons. The topological polar surface area (TPSA) is 12.5 Å². The van der Waals surface area contributed by atoms with Gasteiger partial charge in [-0.05, 0) is 63.6 Å². The number of nitrogens with zero attached hydrogens (tertiary/aromatic N) is 1. The van der Waals surface area contributed by atoms with Gasteiger partial charge in [-0.15, -0.1) is 0 Å². The zero-order valence-electron chi connectivity index (χ0n) is 18.6. The predicted octanol–water partition coefficient (Wildman–Crippen LogP) is 7.27. The fourth-order valence-corrected chi connectivity index (χ4v) is 3.35. The number of hydrogen-bond donors (Lipinski definition) is 0. The summed E-state index contributed by atoms with van der Waals surface area (Å²) in [6.45, 7) is 19.9. The molecule has 0 radical (unpaired) electrons. The quantitative estimate of drug-likeness (QED) is 0.527. The molecule has 0 spiro atoms. The third-order valence-electron chi connectivity index (χ3n) is 4.42. The van der Waals surface area contributed by atoms with Gasteiger partial charge in [0.1, 0.15) is 0 Å². The van der Waals surface area contributed by atoms with Crippen LogP contribution in [0.1, 0.15) is 73.9 Å². The van der Waals surface area contributed by atoms with Gasteiger partial charge in [0.15, 0.2) is 0 Å². The van der Waals surface area contributed by atoms with Crippen LogP contribution in [0, 0.1) is 5.41 Å². The number of hydrogen-bond acceptors (Lipinski definition) is 2. The summed E-state index contributed by atoms with van der Waals surface area (Å²) in [5.41, 5.74) is 3.42. The Bertz CT molecular complexity index is 712. The Hall–Kier alpha value is -1.64. The van der Waals surface area contributed by atoms with Crippen molar-refractivity contribution in [3.63, 3.8) is 0 Å². The first-order valence-corrected chi connectivity index (χ1v) is 9.93. The highest BCUT2D eigenvalue weighted by Gasteiger charge is 2.40. The SMILES string of the molecule is CC(C)(C)ON(C(c1ccc(-c2ccccc2)cc1)C(C)(C)C)C(C)(C)C. The van der Waals surface area contributed by atoms with Gasteiger partial charge >= 0.3 is 0 Å². The summed E-state index contributed by atoms with van der Waals surface area (Å²) in [6.07, 6.45) is 0. The molecule has 0 aromatic heterocycles. The Morgan fingerprint density at radius 2 is 1.15 bits per heavy atom. The van der Waals surface area contributed by atoms with Crippen LogP contribution in [0.15, 0.2) is 54.6 Å². The van der Waals surface area contributed by atoms with Gasteiger partial charge in [0.05, 0.1) is 11.6 Å². The highest BCUT2D eigenvalue weighted by molar-refractivity contribution is 5.63. The van der Waals surface area contributed by atoms with Crippen LogP contribution in [0.25, 0.3) is 11.1 Å². The lowest BCUT2D eigenvalue weighted by atomic mass is 9.80. The summed E-state index contributed by atoms with van der Waals surface area (Å²) in [4.78, 5) is 6.49. The number of hydroxylamine groups is 2. The molecule has 0 bridgehead atoms. The van der Waals surface area contributed by atoms with E-state index in [1.807, 2.05) is 0 Å². The minimum absolute atomic E-state index is 0.0206. The van der Waals surface area contributed by atoms with E-state index in [1.165, 1.54) is 16.7 Å². The first-order valence-electron chi connectivity index (χ1n) is 9.93. The van der Waals surface area contributed by atoms with Gasteiger partial charge in [-0.3, -0.25) is 4.84 Å². The fourth-order valence-electron chi connectivity index (χ4n) is 3.35. The van der Waals surface area contributed by atoms with Crippen LogP contribution < -0.4 is 0 Å². The second-order valence-corrected chi connectivity index (χ2v) is 10.5. The molecule has 1 atom stereocenters. The molecular weight excluding hydrogens is 330 g/mol. The van der Waals surface area contributed by atoms with Crippen molar-refractivity contribution in [1.82, 2.24) is 5.06 Å². The smallest absolute Gasteiger partial charge is 0.0816 e. The van der Waals surface area contributed by atoms with Crippen molar-refractivity contribution in [3.05, 3.63) is 60.2 Å². The van der Waals surface area contributed by atoms with E-state index >= 15 is 0 Å². The van der Waals surface area contributed by atoms with Crippen molar-refractivity contribution >= 4 is 0 Å². The Labute approximate surface area is 166 Å². The van der Waals surface area contributed by atoms with Crippen molar-refractivity contribution in [1.29, 1.82) is 0 Å². The minimum atomic E-state index is -0.249. The van der Waals surface area contributed by atoms with E-state index < -0.39 is 0 Å². The van der Waals surface area contributed by atoms with E-state index in [1.54, 1.807) is 0 Å². The average Bonchev–Trinajstić information content (AvgIpc) is 2.52. The van der Waals surface area contributed by atoms with Crippen LogP contribution in [0.3, 0.4) is 0 Å². The lowest BCUT2D eigenvalue weighted by Crippen LogP contribution is -2.51. The third-order valence-corrected chi connectivity index (χ3v) is 4.42. The predicted molar refractivity (Wildman–Crippen MR) is 117 cm³/mol. The summed E-state index contributed by atoms with van der Waals surface area (Å²) in [5.74, 6) is 0. The maximum atomic E-state index is 6.49. The van der Waals surface area contributed by atoms with Crippen LogP contribution in [-0.4, -0.2) is 16.2 Å². The molecule has 2 aromatic carbocycles. The first kappa shape index (κ1) is 21.7. The Kier molecular flexibility index (Phi) is 6.23. The van der Waals surface area contributed by atoms with Crippen LogP contribution >= 0.6 is 0 Å². The molecule has 2 aromatic rings. The summed E-state index contributed by atoms with van der Waals surface area (Å²) < 4.78 is 0. The molecule has 0 aliphatic heterocycles. The van der Waals surface area contributed by atoms with Crippen molar-refractivity contribution in [2.45, 2.75) is 79.5 Å². The van der Waals surface area contributed by atoms with E-state index in [0.717, 1.165) is 0 Å². The molecule has 2 rings (SSSR count). The van der Waals surface area contributed by atoms with E-state index in [4.69, 9.17) is 4.84 Å². The van der Waals surface area contributed by atoms with Gasteiger partial charge in [-0.2, -0.15) is 5.06 Å². The zero-order valence-corrected chi connectivity index (χ0v) is 18.6. The van der Waals surface area contributed by atoms with Crippen molar-refractivity contribution < 1.29 is 4.84 Å². The second-order valence-electron chi connectivity index (χ2n) is 10.5. The molecule has 0 heterocycles. The normalized spacial score (nSPS) is 14.4. The third kappa shape index (κ3) is 5.92. The highest BCUT2D eigenvalue weighted by atomic mass is 16.7. The summed E-state index contributed by atoms with van der Waals surface area (Å²) in [6, 6.07) is 19.6. The maximum Gasteiger partial charge on any atom is 0.0816 e. The van der Waals surface area contributed by atoms with Crippen LogP contribution in [-0.2, 0) is 4.84 Å². The van der Waals surface area contributed by atoms with Crippen LogP contribution in [0.2, 0.25) is 0 Å². The van der Waals surface area contributed by atoms with Crippen molar-refractivity contribution in [3.8, 4) is 11.1 Å². The second kappa shape index (κ2) is 7.77. The molecular formula is C25H37NO. The van der Waals surface area contributed by atoms with Gasteiger partial charge in [0.2, 0.25) is 0 Å². The van der Waals surface area contributed by atoms with Gasteiger partial charge in [-0.1, -0.05) is 75.4 Å². The molecule has 2 nitrogen and oxygen atoms in total. The molecule has 0 saturated heterocycles. The van der Waals surface area contributed by atoms with E-state index in [9.17, 15) is 0 Å². The van der Waals surface area contributed by atoms with Gasteiger partial charge in [-0.25, -0.2) is 0 Å². The van der Waals surface area contributed by atoms with Crippen LogP contribution in [0.4, 0.5) is 0 Å². The molecule has 27 heavy (non-hydrogen) atoms. The first-order chi connectivity index (χ1) is 12.3. The van der Waals surface area contributed by atoms with Crippen molar-refractivity contribution in [2.24, 2.45) is 5.41 Å². The largest absolute Gasteiger partial charge is 0.292 e. The summed E-state index contributed by atoms with van der Waals surface area (Å²) >= 11 is 0. The number of rotatable bonds is 4. The van der Waals surface area contributed by atoms with Gasteiger partial charge in [0.25, 0.3) is 0 Å². The van der Waals surface area contributed by atoms with Crippen molar-refractivity contribution in [2.75, 3.05) is 0 Å². The van der Waals surface area contributed by atoms with E-state index in [-0.39, 0.29) is 22.6 Å². The Balaban J connectivity index is 2.46. The van der Waals surface area contributed by atoms with E-state index in [0.29, 0.717) is 0 Å². The zero-order chi connectivity index (χ0) is 20.5. The Morgan fingerprint density at radius 1 is 0.667 bits per heavy atom. The summed E-state index contributed by atoms with van der Waals surface area (Å²) in [5, 5.41) is 2.20. The van der Waals surface area contributed by atoms with Gasteiger partial charge < -0.3 is 0 Å². The minimum Gasteiger partial charge on any atom is -0.292 e. The molecule has 0 aliphatic rings. The molecule has 0 aliphatic carbocycles. The molecule has 0 saturated carbocycles. The fraction of sp³-hybridized carbons (Fsp3) is 0.520. The highest BCUT2D eigenvalue weighted by Crippen LogP contribution is 2.43. The Morgan fingerprint density at radius 3 is 1.56 bits per heavy atom. The molecule has 1 unspecified atom stereocenters. The standard InChI is InChI=1S/C25H37NO/c1-23(2,3)22(26(24(4,5)6)27-25(7,8)9)21-17-15-20(16-18-21)19-13-11-10-12-14-19/h10-18,22H,1-9H3. The lowest BCUT2D eigenvalue weighted by Gasteiger charge is -2.48. The van der Waals surface area contributed by atoms with E-state index in [2.05, 4.69) is 122 Å². The monoisotopic (exact) mass is 367 g/mol. The maximum absolute atomic E-state index is 6.49. The molecule has 2 heteroatoms. The van der Waals surface area contributed by atoms with Gasteiger partial charge in [0, 0.05) is 5.54 Å².